The molecule has 0 spiro atoms. The molecule has 0 aromatic heterocycles. The van der Waals surface area contributed by atoms with Crippen molar-refractivity contribution in [2.24, 2.45) is 0 Å². The summed E-state index contributed by atoms with van der Waals surface area (Å²) in [7, 11) is 1.52. The highest BCUT2D eigenvalue weighted by atomic mass is 16.4. The van der Waals surface area contributed by atoms with E-state index in [1.54, 1.807) is 4.90 Å². The van der Waals surface area contributed by atoms with Gasteiger partial charge in [-0.3, -0.25) is 4.79 Å². The second kappa shape index (κ2) is 5.73. The number of aliphatic carboxylic acids is 1. The number of aryl methyl sites for hydroxylation is 1. The fourth-order valence-corrected chi connectivity index (χ4v) is 2.38. The van der Waals surface area contributed by atoms with E-state index >= 15 is 0 Å². The van der Waals surface area contributed by atoms with Gasteiger partial charge in [0.1, 0.15) is 6.54 Å². The minimum absolute atomic E-state index is 0.223. The number of likely N-dealkylation sites (N-methyl/N-ethyl adjacent to an activating group) is 1. The second-order valence-electron chi connectivity index (χ2n) is 4.83. The molecular weight excluding hydrogens is 244 g/mol. The molecule has 1 aromatic rings. The van der Waals surface area contributed by atoms with Crippen LogP contribution in [0, 0.1) is 0 Å². The van der Waals surface area contributed by atoms with Gasteiger partial charge in [-0.2, -0.15) is 0 Å². The Morgan fingerprint density at radius 3 is 2.68 bits per heavy atom. The van der Waals surface area contributed by atoms with E-state index in [0.717, 1.165) is 18.4 Å². The summed E-state index contributed by atoms with van der Waals surface area (Å²) in [5.74, 6) is -0.994. The first-order valence-corrected chi connectivity index (χ1v) is 6.36. The molecule has 0 radical (unpaired) electrons. The average Bonchev–Trinajstić information content (AvgIpc) is 2.58. The van der Waals surface area contributed by atoms with Gasteiger partial charge in [0, 0.05) is 20.1 Å². The summed E-state index contributed by atoms with van der Waals surface area (Å²) < 4.78 is 0. The molecule has 0 fully saturated rings. The normalized spacial score (nSPS) is 14.5. The molecule has 2 amide bonds. The third-order valence-corrected chi connectivity index (χ3v) is 3.32. The first kappa shape index (κ1) is 13.4. The lowest BCUT2D eigenvalue weighted by molar-refractivity contribution is -0.137. The second-order valence-corrected chi connectivity index (χ2v) is 4.83. The van der Waals surface area contributed by atoms with Crippen molar-refractivity contribution >= 4 is 12.0 Å². The van der Waals surface area contributed by atoms with Crippen LogP contribution < -0.4 is 0 Å². The van der Waals surface area contributed by atoms with Crippen molar-refractivity contribution in [1.29, 1.82) is 0 Å². The van der Waals surface area contributed by atoms with E-state index in [1.807, 2.05) is 18.2 Å². The molecule has 1 aromatic carbocycles. The summed E-state index contributed by atoms with van der Waals surface area (Å²) in [6.45, 7) is 0.952. The summed E-state index contributed by atoms with van der Waals surface area (Å²) in [6, 6.07) is 7.86. The van der Waals surface area contributed by atoms with Crippen LogP contribution in [0.25, 0.3) is 0 Å². The lowest BCUT2D eigenvalue weighted by Crippen LogP contribution is -2.42. The topological polar surface area (TPSA) is 60.9 Å². The molecule has 1 heterocycles. The zero-order valence-electron chi connectivity index (χ0n) is 11.0. The van der Waals surface area contributed by atoms with Crippen LogP contribution in [0.2, 0.25) is 0 Å². The summed E-state index contributed by atoms with van der Waals surface area (Å²) >= 11 is 0. The maximum atomic E-state index is 12.2. The van der Waals surface area contributed by atoms with Crippen LogP contribution in [0.15, 0.2) is 24.3 Å². The Morgan fingerprint density at radius 1 is 1.32 bits per heavy atom. The van der Waals surface area contributed by atoms with E-state index in [0.29, 0.717) is 13.1 Å². The smallest absolute Gasteiger partial charge is 0.323 e. The monoisotopic (exact) mass is 262 g/mol. The van der Waals surface area contributed by atoms with E-state index in [-0.39, 0.29) is 12.6 Å². The average molecular weight is 262 g/mol. The molecule has 1 aliphatic heterocycles. The van der Waals surface area contributed by atoms with Gasteiger partial charge >= 0.3 is 12.0 Å². The van der Waals surface area contributed by atoms with Gasteiger partial charge in [-0.05, 0) is 24.0 Å². The van der Waals surface area contributed by atoms with E-state index in [2.05, 4.69) is 6.07 Å². The number of hydrogen-bond acceptors (Lipinski definition) is 2. The van der Waals surface area contributed by atoms with Gasteiger partial charge in [0.05, 0.1) is 0 Å². The van der Waals surface area contributed by atoms with Crippen LogP contribution in [-0.2, 0) is 17.8 Å². The van der Waals surface area contributed by atoms with Crippen LogP contribution in [-0.4, -0.2) is 47.0 Å². The van der Waals surface area contributed by atoms with Crippen molar-refractivity contribution in [2.45, 2.75) is 19.4 Å². The maximum Gasteiger partial charge on any atom is 0.323 e. The van der Waals surface area contributed by atoms with Gasteiger partial charge in [0.25, 0.3) is 0 Å². The van der Waals surface area contributed by atoms with Crippen LogP contribution in [0.5, 0.6) is 0 Å². The van der Waals surface area contributed by atoms with Crippen molar-refractivity contribution in [1.82, 2.24) is 9.80 Å². The van der Waals surface area contributed by atoms with Crippen molar-refractivity contribution in [2.75, 3.05) is 20.1 Å². The Kier molecular flexibility index (Phi) is 4.04. The zero-order chi connectivity index (χ0) is 13.8. The van der Waals surface area contributed by atoms with E-state index in [1.165, 1.54) is 17.5 Å². The van der Waals surface area contributed by atoms with E-state index in [4.69, 9.17) is 5.11 Å². The summed E-state index contributed by atoms with van der Waals surface area (Å²) in [5, 5.41) is 8.73. The van der Waals surface area contributed by atoms with E-state index in [9.17, 15) is 9.59 Å². The number of urea groups is 1. The molecule has 0 unspecified atom stereocenters. The Morgan fingerprint density at radius 2 is 2.00 bits per heavy atom. The summed E-state index contributed by atoms with van der Waals surface area (Å²) in [4.78, 5) is 25.8. The van der Waals surface area contributed by atoms with Gasteiger partial charge in [0.15, 0.2) is 0 Å². The minimum Gasteiger partial charge on any atom is -0.480 e. The van der Waals surface area contributed by atoms with Gasteiger partial charge in [0.2, 0.25) is 0 Å². The van der Waals surface area contributed by atoms with Crippen molar-refractivity contribution in [3.63, 3.8) is 0 Å². The summed E-state index contributed by atoms with van der Waals surface area (Å²) in [5.41, 5.74) is 2.43. The molecule has 19 heavy (non-hydrogen) atoms. The van der Waals surface area contributed by atoms with Gasteiger partial charge in [-0.15, -0.1) is 0 Å². The highest BCUT2D eigenvalue weighted by Gasteiger charge is 2.22. The molecule has 0 saturated carbocycles. The van der Waals surface area contributed by atoms with Crippen LogP contribution in [0.4, 0.5) is 4.79 Å². The number of amides is 2. The minimum atomic E-state index is -0.994. The molecule has 1 N–H and O–H groups in total. The molecule has 0 bridgehead atoms. The lowest BCUT2D eigenvalue weighted by atomic mass is 10.0. The lowest BCUT2D eigenvalue weighted by Gasteiger charge is -2.26. The molecule has 0 aliphatic carbocycles. The predicted molar refractivity (Wildman–Crippen MR) is 70.8 cm³/mol. The standard InChI is InChI=1S/C14H18N2O3/c1-15(10-13(17)18)14(19)16-8-4-7-11-5-2-3-6-12(11)9-16/h2-3,5-6H,4,7-10H2,1H3,(H,17,18). The largest absolute Gasteiger partial charge is 0.480 e. The van der Waals surface area contributed by atoms with Gasteiger partial charge in [-0.25, -0.2) is 4.79 Å². The van der Waals surface area contributed by atoms with Gasteiger partial charge in [-0.1, -0.05) is 24.3 Å². The van der Waals surface area contributed by atoms with E-state index < -0.39 is 5.97 Å². The predicted octanol–water partition coefficient (Wildman–Crippen LogP) is 1.57. The maximum absolute atomic E-state index is 12.2. The fraction of sp³-hybridized carbons (Fsp3) is 0.429. The first-order valence-electron chi connectivity index (χ1n) is 6.36. The number of fused-ring (bicyclic) bond motifs is 1. The molecule has 5 heteroatoms. The zero-order valence-corrected chi connectivity index (χ0v) is 11.0. The number of carboxylic acid groups (broad SMARTS) is 1. The van der Waals surface area contributed by atoms with Crippen molar-refractivity contribution < 1.29 is 14.7 Å². The fourth-order valence-electron chi connectivity index (χ4n) is 2.38. The SMILES string of the molecule is CN(CC(=O)O)C(=O)N1CCCc2ccccc2C1. The number of carboxylic acids is 1. The molecular formula is C14H18N2O3. The molecule has 0 atom stereocenters. The van der Waals surface area contributed by atoms with Crippen LogP contribution in [0.1, 0.15) is 17.5 Å². The van der Waals surface area contributed by atoms with Gasteiger partial charge < -0.3 is 14.9 Å². The first-order chi connectivity index (χ1) is 9.08. The molecule has 0 saturated heterocycles. The Balaban J connectivity index is 2.09. The number of carbonyl (C=O) groups is 2. The van der Waals surface area contributed by atoms with Crippen molar-refractivity contribution in [3.8, 4) is 0 Å². The highest BCUT2D eigenvalue weighted by Crippen LogP contribution is 2.19. The quantitative estimate of drug-likeness (QED) is 0.880. The molecule has 5 nitrogen and oxygen atoms in total. The highest BCUT2D eigenvalue weighted by molar-refractivity contribution is 5.80. The molecule has 1 aliphatic rings. The Bertz CT molecular complexity index is 487. The third-order valence-electron chi connectivity index (χ3n) is 3.32. The number of nitrogens with zero attached hydrogens (tertiary/aromatic N) is 2. The van der Waals surface area contributed by atoms with Crippen LogP contribution >= 0.6 is 0 Å². The third kappa shape index (κ3) is 3.24. The number of benzene rings is 1. The summed E-state index contributed by atoms with van der Waals surface area (Å²) in [6.07, 6.45) is 1.87. The Hall–Kier alpha value is -2.04. The van der Waals surface area contributed by atoms with Crippen LogP contribution in [0.3, 0.4) is 0 Å². The Labute approximate surface area is 112 Å². The number of hydrogen-bond donors (Lipinski definition) is 1. The number of rotatable bonds is 2. The van der Waals surface area contributed by atoms with Crippen molar-refractivity contribution in [3.05, 3.63) is 35.4 Å². The number of carbonyl (C=O) groups excluding carboxylic acids is 1. The molecule has 102 valence electrons. The molecule has 2 rings (SSSR count).